The highest BCUT2D eigenvalue weighted by Gasteiger charge is 2.07. The molecule has 19 heavy (non-hydrogen) atoms. The van der Waals surface area contributed by atoms with E-state index in [1.54, 1.807) is 13.3 Å². The monoisotopic (exact) mass is 321 g/mol. The molecule has 2 aromatic rings. The van der Waals surface area contributed by atoms with Crippen molar-refractivity contribution >= 4 is 15.9 Å². The van der Waals surface area contributed by atoms with Gasteiger partial charge in [0, 0.05) is 11.5 Å². The summed E-state index contributed by atoms with van der Waals surface area (Å²) in [6, 6.07) is 9.85. The molecule has 4 heteroatoms. The van der Waals surface area contributed by atoms with Gasteiger partial charge in [0.1, 0.15) is 6.61 Å². The lowest BCUT2D eigenvalue weighted by Crippen LogP contribution is -2.02. The SMILES string of the molecule is COc1cc(CBr)ccc1OCc1ncccc1C. The maximum absolute atomic E-state index is 5.79. The van der Waals surface area contributed by atoms with Crippen molar-refractivity contribution in [3.8, 4) is 11.5 Å². The summed E-state index contributed by atoms with van der Waals surface area (Å²) in [4.78, 5) is 4.31. The lowest BCUT2D eigenvalue weighted by molar-refractivity contribution is 0.280. The number of benzene rings is 1. The van der Waals surface area contributed by atoms with Gasteiger partial charge in [0.2, 0.25) is 0 Å². The van der Waals surface area contributed by atoms with Crippen molar-refractivity contribution in [1.82, 2.24) is 4.98 Å². The predicted molar refractivity (Wildman–Crippen MR) is 78.9 cm³/mol. The Morgan fingerprint density at radius 2 is 2.05 bits per heavy atom. The Labute approximate surface area is 121 Å². The molecule has 100 valence electrons. The smallest absolute Gasteiger partial charge is 0.161 e. The van der Waals surface area contributed by atoms with Gasteiger partial charge in [0.15, 0.2) is 11.5 Å². The van der Waals surface area contributed by atoms with Gasteiger partial charge in [-0.2, -0.15) is 0 Å². The zero-order chi connectivity index (χ0) is 13.7. The molecule has 0 spiro atoms. The Hall–Kier alpha value is -1.55. The molecule has 0 saturated carbocycles. The van der Waals surface area contributed by atoms with Crippen LogP contribution in [0.25, 0.3) is 0 Å². The van der Waals surface area contributed by atoms with Crippen LogP contribution in [-0.2, 0) is 11.9 Å². The number of methoxy groups -OCH3 is 1. The van der Waals surface area contributed by atoms with Gasteiger partial charge < -0.3 is 9.47 Å². The number of pyridine rings is 1. The lowest BCUT2D eigenvalue weighted by atomic mass is 10.2. The van der Waals surface area contributed by atoms with Crippen LogP contribution in [-0.4, -0.2) is 12.1 Å². The first-order valence-electron chi connectivity index (χ1n) is 6.00. The Morgan fingerprint density at radius 1 is 1.21 bits per heavy atom. The molecule has 0 bridgehead atoms. The van der Waals surface area contributed by atoms with Gasteiger partial charge in [0.05, 0.1) is 12.8 Å². The number of hydrogen-bond donors (Lipinski definition) is 0. The van der Waals surface area contributed by atoms with E-state index in [0.717, 1.165) is 33.6 Å². The third-order valence-corrected chi connectivity index (χ3v) is 3.51. The molecule has 0 fully saturated rings. The molecule has 0 aliphatic carbocycles. The quantitative estimate of drug-likeness (QED) is 0.783. The highest BCUT2D eigenvalue weighted by molar-refractivity contribution is 9.08. The molecule has 2 rings (SSSR count). The van der Waals surface area contributed by atoms with Crippen molar-refractivity contribution in [2.75, 3.05) is 7.11 Å². The summed E-state index contributed by atoms with van der Waals surface area (Å²) in [5.41, 5.74) is 3.21. The molecule has 0 N–H and O–H groups in total. The molecule has 0 aliphatic heterocycles. The standard InChI is InChI=1S/C15H16BrNO2/c1-11-4-3-7-17-13(11)10-19-14-6-5-12(9-16)8-15(14)18-2/h3-8H,9-10H2,1-2H3. The molecule has 1 aromatic heterocycles. The summed E-state index contributed by atoms with van der Waals surface area (Å²) in [7, 11) is 1.65. The first-order valence-corrected chi connectivity index (χ1v) is 7.13. The molecule has 1 aromatic carbocycles. The normalized spacial score (nSPS) is 10.3. The largest absolute Gasteiger partial charge is 0.493 e. The second-order valence-corrected chi connectivity index (χ2v) is 4.74. The topological polar surface area (TPSA) is 31.4 Å². The zero-order valence-electron chi connectivity index (χ0n) is 11.0. The third kappa shape index (κ3) is 3.47. The lowest BCUT2D eigenvalue weighted by Gasteiger charge is -2.12. The van der Waals surface area contributed by atoms with Crippen molar-refractivity contribution in [1.29, 1.82) is 0 Å². The minimum absolute atomic E-state index is 0.441. The summed E-state index contributed by atoms with van der Waals surface area (Å²) in [5, 5.41) is 0.795. The van der Waals surface area contributed by atoms with Gasteiger partial charge in [-0.05, 0) is 36.2 Å². The Morgan fingerprint density at radius 3 is 2.74 bits per heavy atom. The fourth-order valence-corrected chi connectivity index (χ4v) is 2.08. The highest BCUT2D eigenvalue weighted by Crippen LogP contribution is 2.29. The summed E-state index contributed by atoms with van der Waals surface area (Å²) in [5.74, 6) is 1.47. The minimum Gasteiger partial charge on any atom is -0.493 e. The molecule has 0 radical (unpaired) electrons. The second kappa shape index (κ2) is 6.57. The van der Waals surface area contributed by atoms with Gasteiger partial charge in [0.25, 0.3) is 0 Å². The van der Waals surface area contributed by atoms with Gasteiger partial charge >= 0.3 is 0 Å². The number of ether oxygens (including phenoxy) is 2. The first-order chi connectivity index (χ1) is 9.24. The van der Waals surface area contributed by atoms with Crippen LogP contribution in [0.1, 0.15) is 16.8 Å². The fraction of sp³-hybridized carbons (Fsp3) is 0.267. The van der Waals surface area contributed by atoms with Gasteiger partial charge in [-0.25, -0.2) is 0 Å². The van der Waals surface area contributed by atoms with E-state index in [4.69, 9.17) is 9.47 Å². The summed E-state index contributed by atoms with van der Waals surface area (Å²) >= 11 is 3.42. The molecule has 0 aliphatic rings. The van der Waals surface area contributed by atoms with E-state index in [0.29, 0.717) is 6.61 Å². The van der Waals surface area contributed by atoms with E-state index in [-0.39, 0.29) is 0 Å². The molecule has 3 nitrogen and oxygen atoms in total. The van der Waals surface area contributed by atoms with Crippen LogP contribution in [0, 0.1) is 6.92 Å². The molecule has 0 saturated heterocycles. The van der Waals surface area contributed by atoms with Crippen LogP contribution in [0.2, 0.25) is 0 Å². The second-order valence-electron chi connectivity index (χ2n) is 4.17. The van der Waals surface area contributed by atoms with E-state index >= 15 is 0 Å². The van der Waals surface area contributed by atoms with Crippen LogP contribution in [0.4, 0.5) is 0 Å². The molecule has 1 heterocycles. The average molecular weight is 322 g/mol. The van der Waals surface area contributed by atoms with Gasteiger partial charge in [-0.3, -0.25) is 4.98 Å². The van der Waals surface area contributed by atoms with Crippen molar-refractivity contribution < 1.29 is 9.47 Å². The van der Waals surface area contributed by atoms with Crippen molar-refractivity contribution in [2.24, 2.45) is 0 Å². The minimum atomic E-state index is 0.441. The number of aromatic nitrogens is 1. The Balaban J connectivity index is 2.13. The van der Waals surface area contributed by atoms with Gasteiger partial charge in [-0.1, -0.05) is 28.1 Å². The summed E-state index contributed by atoms with van der Waals surface area (Å²) < 4.78 is 11.1. The number of alkyl halides is 1. The van der Waals surface area contributed by atoms with E-state index in [2.05, 4.69) is 20.9 Å². The maximum atomic E-state index is 5.79. The number of halogens is 1. The van der Waals surface area contributed by atoms with Crippen LogP contribution >= 0.6 is 15.9 Å². The average Bonchev–Trinajstić information content (AvgIpc) is 2.46. The van der Waals surface area contributed by atoms with E-state index in [1.165, 1.54) is 0 Å². The molecule has 0 atom stereocenters. The van der Waals surface area contributed by atoms with Crippen molar-refractivity contribution in [2.45, 2.75) is 18.9 Å². The van der Waals surface area contributed by atoms with E-state index in [1.807, 2.05) is 37.3 Å². The van der Waals surface area contributed by atoms with Crippen LogP contribution in [0.15, 0.2) is 36.5 Å². The number of rotatable bonds is 5. The number of nitrogens with zero attached hydrogens (tertiary/aromatic N) is 1. The highest BCUT2D eigenvalue weighted by atomic mass is 79.9. The summed E-state index contributed by atoms with van der Waals surface area (Å²) in [6.45, 7) is 2.47. The molecular weight excluding hydrogens is 306 g/mol. The summed E-state index contributed by atoms with van der Waals surface area (Å²) in [6.07, 6.45) is 1.77. The van der Waals surface area contributed by atoms with Crippen LogP contribution in [0.5, 0.6) is 11.5 Å². The van der Waals surface area contributed by atoms with Crippen molar-refractivity contribution in [3.05, 3.63) is 53.3 Å². The Kier molecular flexibility index (Phi) is 4.80. The molecule has 0 unspecified atom stereocenters. The third-order valence-electron chi connectivity index (χ3n) is 2.86. The number of aryl methyl sites for hydroxylation is 1. The van der Waals surface area contributed by atoms with Gasteiger partial charge in [-0.15, -0.1) is 0 Å². The van der Waals surface area contributed by atoms with Crippen molar-refractivity contribution in [3.63, 3.8) is 0 Å². The number of hydrogen-bond acceptors (Lipinski definition) is 3. The zero-order valence-corrected chi connectivity index (χ0v) is 12.6. The maximum Gasteiger partial charge on any atom is 0.161 e. The fourth-order valence-electron chi connectivity index (χ4n) is 1.73. The molecular formula is C15H16BrNO2. The van der Waals surface area contributed by atoms with E-state index < -0.39 is 0 Å². The van der Waals surface area contributed by atoms with E-state index in [9.17, 15) is 0 Å². The Bertz CT molecular complexity index is 558. The van der Waals surface area contributed by atoms with Crippen LogP contribution < -0.4 is 9.47 Å². The predicted octanol–water partition coefficient (Wildman–Crippen LogP) is 3.87. The molecule has 0 amide bonds. The first kappa shape index (κ1) is 13.9. The van der Waals surface area contributed by atoms with Crippen LogP contribution in [0.3, 0.4) is 0 Å².